The molecule has 74 valence electrons. The molecule has 0 bridgehead atoms. The lowest BCUT2D eigenvalue weighted by atomic mass is 10.0. The molecule has 16 heavy (non-hydrogen) atoms. The Hall–Kier alpha value is -2.65. The van der Waals surface area contributed by atoms with Crippen molar-refractivity contribution in [1.82, 2.24) is 4.98 Å². The van der Waals surface area contributed by atoms with Crippen LogP contribution >= 0.6 is 0 Å². The maximum Gasteiger partial charge on any atom is 0.101 e. The molecule has 2 rings (SSSR count). The SMILES string of the molecule is N#Cc1ccc(-c2cccnc2)cc1C#N. The highest BCUT2D eigenvalue weighted by atomic mass is 14.6. The first-order valence-electron chi connectivity index (χ1n) is 4.70. The van der Waals surface area contributed by atoms with Gasteiger partial charge >= 0.3 is 0 Å². The quantitative estimate of drug-likeness (QED) is 0.718. The summed E-state index contributed by atoms with van der Waals surface area (Å²) in [5.41, 5.74) is 2.62. The van der Waals surface area contributed by atoms with E-state index in [-0.39, 0.29) is 0 Å². The minimum atomic E-state index is 0.392. The monoisotopic (exact) mass is 205 g/mol. The van der Waals surface area contributed by atoms with Gasteiger partial charge in [0.05, 0.1) is 11.1 Å². The molecule has 0 saturated carbocycles. The average Bonchev–Trinajstić information content (AvgIpc) is 2.39. The van der Waals surface area contributed by atoms with Crippen molar-refractivity contribution < 1.29 is 0 Å². The van der Waals surface area contributed by atoms with Gasteiger partial charge in [0, 0.05) is 18.0 Å². The number of hydrogen-bond donors (Lipinski definition) is 0. The van der Waals surface area contributed by atoms with Crippen LogP contribution in [0.25, 0.3) is 11.1 Å². The van der Waals surface area contributed by atoms with E-state index in [4.69, 9.17) is 10.5 Å². The van der Waals surface area contributed by atoms with E-state index >= 15 is 0 Å². The molecule has 0 fully saturated rings. The standard InChI is InChI=1S/C13H7N3/c14-7-11-4-3-10(6-13(11)8-15)12-2-1-5-16-9-12/h1-6,9H. The molecular weight excluding hydrogens is 198 g/mol. The molecule has 1 aromatic heterocycles. The van der Waals surface area contributed by atoms with Gasteiger partial charge in [-0.2, -0.15) is 10.5 Å². The summed E-state index contributed by atoms with van der Waals surface area (Å²) in [6.07, 6.45) is 3.42. The molecule has 3 nitrogen and oxygen atoms in total. The van der Waals surface area contributed by atoms with Gasteiger partial charge in [0.1, 0.15) is 12.1 Å². The van der Waals surface area contributed by atoms with Gasteiger partial charge in [-0.05, 0) is 23.8 Å². The molecule has 0 atom stereocenters. The second kappa shape index (κ2) is 4.25. The summed E-state index contributed by atoms with van der Waals surface area (Å²) >= 11 is 0. The number of nitriles is 2. The van der Waals surface area contributed by atoms with E-state index in [1.165, 1.54) is 0 Å². The molecule has 0 radical (unpaired) electrons. The molecular formula is C13H7N3. The van der Waals surface area contributed by atoms with Gasteiger partial charge in [0.15, 0.2) is 0 Å². The second-order valence-electron chi connectivity index (χ2n) is 3.23. The van der Waals surface area contributed by atoms with E-state index in [0.29, 0.717) is 11.1 Å². The van der Waals surface area contributed by atoms with Gasteiger partial charge in [-0.3, -0.25) is 4.98 Å². The van der Waals surface area contributed by atoms with Crippen LogP contribution in [0.3, 0.4) is 0 Å². The number of benzene rings is 1. The maximum absolute atomic E-state index is 8.90. The third-order valence-electron chi connectivity index (χ3n) is 2.26. The zero-order valence-corrected chi connectivity index (χ0v) is 8.38. The van der Waals surface area contributed by atoms with Crippen molar-refractivity contribution in [2.75, 3.05) is 0 Å². The summed E-state index contributed by atoms with van der Waals surface area (Å²) in [6, 6.07) is 12.9. The smallest absolute Gasteiger partial charge is 0.101 e. The molecule has 0 unspecified atom stereocenters. The van der Waals surface area contributed by atoms with Crippen molar-refractivity contribution >= 4 is 0 Å². The fourth-order valence-corrected chi connectivity index (χ4v) is 1.45. The van der Waals surface area contributed by atoms with Gasteiger partial charge in [-0.25, -0.2) is 0 Å². The Kier molecular flexibility index (Phi) is 2.63. The van der Waals surface area contributed by atoms with Gasteiger partial charge in [-0.1, -0.05) is 12.1 Å². The first kappa shape index (κ1) is 9.89. The predicted molar refractivity (Wildman–Crippen MR) is 59.1 cm³/mol. The largest absolute Gasteiger partial charge is 0.264 e. The van der Waals surface area contributed by atoms with E-state index in [9.17, 15) is 0 Å². The lowest BCUT2D eigenvalue weighted by molar-refractivity contribution is 1.33. The molecule has 0 aliphatic heterocycles. The van der Waals surface area contributed by atoms with E-state index in [2.05, 4.69) is 4.98 Å². The van der Waals surface area contributed by atoms with Crippen LogP contribution in [-0.4, -0.2) is 4.98 Å². The van der Waals surface area contributed by atoms with Crippen molar-refractivity contribution in [1.29, 1.82) is 10.5 Å². The van der Waals surface area contributed by atoms with Crippen LogP contribution in [0, 0.1) is 22.7 Å². The summed E-state index contributed by atoms with van der Waals surface area (Å²) in [5, 5.41) is 17.7. The van der Waals surface area contributed by atoms with Crippen LogP contribution in [0.1, 0.15) is 11.1 Å². The molecule has 2 aromatic rings. The molecule has 0 amide bonds. The van der Waals surface area contributed by atoms with Crippen LogP contribution in [0.15, 0.2) is 42.7 Å². The highest BCUT2D eigenvalue weighted by Crippen LogP contribution is 2.20. The summed E-state index contributed by atoms with van der Waals surface area (Å²) in [4.78, 5) is 4.01. The Morgan fingerprint density at radius 1 is 0.938 bits per heavy atom. The van der Waals surface area contributed by atoms with Crippen molar-refractivity contribution in [2.45, 2.75) is 0 Å². The van der Waals surface area contributed by atoms with Gasteiger partial charge in [0.2, 0.25) is 0 Å². The van der Waals surface area contributed by atoms with Crippen LogP contribution in [0.2, 0.25) is 0 Å². The fraction of sp³-hybridized carbons (Fsp3) is 0. The van der Waals surface area contributed by atoms with Crippen molar-refractivity contribution in [3.05, 3.63) is 53.9 Å². The Morgan fingerprint density at radius 2 is 1.75 bits per heavy atom. The van der Waals surface area contributed by atoms with Gasteiger partial charge in [0.25, 0.3) is 0 Å². The minimum absolute atomic E-state index is 0.392. The number of nitrogens with zero attached hydrogens (tertiary/aromatic N) is 3. The number of pyridine rings is 1. The lowest BCUT2D eigenvalue weighted by Gasteiger charge is -2.01. The first-order valence-corrected chi connectivity index (χ1v) is 4.70. The Balaban J connectivity index is 2.55. The topological polar surface area (TPSA) is 60.5 Å². The third-order valence-corrected chi connectivity index (χ3v) is 2.26. The van der Waals surface area contributed by atoms with Crippen LogP contribution in [-0.2, 0) is 0 Å². The number of rotatable bonds is 1. The molecule has 1 aromatic carbocycles. The van der Waals surface area contributed by atoms with Crippen molar-refractivity contribution in [3.8, 4) is 23.3 Å². The van der Waals surface area contributed by atoms with Crippen LogP contribution < -0.4 is 0 Å². The van der Waals surface area contributed by atoms with Gasteiger partial charge in [-0.15, -0.1) is 0 Å². The Labute approximate surface area is 93.2 Å². The zero-order chi connectivity index (χ0) is 11.4. The molecule has 0 N–H and O–H groups in total. The lowest BCUT2D eigenvalue weighted by Crippen LogP contribution is -1.86. The molecule has 0 aliphatic rings. The highest BCUT2D eigenvalue weighted by molar-refractivity contribution is 5.66. The summed E-state index contributed by atoms with van der Waals surface area (Å²) in [7, 11) is 0. The van der Waals surface area contributed by atoms with Crippen LogP contribution in [0.4, 0.5) is 0 Å². The first-order chi connectivity index (χ1) is 7.85. The van der Waals surface area contributed by atoms with Crippen LogP contribution in [0.5, 0.6) is 0 Å². The van der Waals surface area contributed by atoms with E-state index in [0.717, 1.165) is 11.1 Å². The molecule has 3 heteroatoms. The van der Waals surface area contributed by atoms with E-state index in [1.807, 2.05) is 30.3 Å². The summed E-state index contributed by atoms with van der Waals surface area (Å²) < 4.78 is 0. The molecule has 0 spiro atoms. The summed E-state index contributed by atoms with van der Waals surface area (Å²) in [5.74, 6) is 0. The molecule has 0 aliphatic carbocycles. The van der Waals surface area contributed by atoms with Gasteiger partial charge < -0.3 is 0 Å². The number of hydrogen-bond acceptors (Lipinski definition) is 3. The van der Waals surface area contributed by atoms with Crippen molar-refractivity contribution in [2.24, 2.45) is 0 Å². The summed E-state index contributed by atoms with van der Waals surface area (Å²) in [6.45, 7) is 0. The molecule has 0 saturated heterocycles. The Bertz CT molecular complexity index is 589. The normalized spacial score (nSPS) is 9.12. The van der Waals surface area contributed by atoms with E-state index in [1.54, 1.807) is 24.5 Å². The molecule has 1 heterocycles. The average molecular weight is 205 g/mol. The number of aromatic nitrogens is 1. The second-order valence-corrected chi connectivity index (χ2v) is 3.23. The third kappa shape index (κ3) is 1.75. The Morgan fingerprint density at radius 3 is 2.38 bits per heavy atom. The van der Waals surface area contributed by atoms with E-state index < -0.39 is 0 Å². The zero-order valence-electron chi connectivity index (χ0n) is 8.38. The minimum Gasteiger partial charge on any atom is -0.264 e. The van der Waals surface area contributed by atoms with Crippen molar-refractivity contribution in [3.63, 3.8) is 0 Å². The fourth-order valence-electron chi connectivity index (χ4n) is 1.45. The maximum atomic E-state index is 8.90. The predicted octanol–water partition coefficient (Wildman–Crippen LogP) is 2.49. The highest BCUT2D eigenvalue weighted by Gasteiger charge is 2.04.